The van der Waals surface area contributed by atoms with Crippen molar-refractivity contribution in [3.8, 4) is 23.5 Å². The first-order valence-electron chi connectivity index (χ1n) is 9.74. The van der Waals surface area contributed by atoms with Gasteiger partial charge in [0.05, 0.1) is 0 Å². The predicted molar refractivity (Wildman–Crippen MR) is 128 cm³/mol. The van der Waals surface area contributed by atoms with Gasteiger partial charge >= 0.3 is 0 Å². The van der Waals surface area contributed by atoms with Crippen LogP contribution in [0.25, 0.3) is 0 Å². The maximum Gasteiger partial charge on any atom is 0.300 e. The molecule has 2 N–H and O–H groups in total. The molecule has 0 atom stereocenters. The molecule has 1 amide bonds. The molecule has 0 aliphatic rings. The molecule has 0 spiro atoms. The molecule has 5 nitrogen and oxygen atoms in total. The first-order valence-corrected chi connectivity index (χ1v) is 10.9. The van der Waals surface area contributed by atoms with Crippen LogP contribution in [-0.2, 0) is 10.7 Å². The number of carbonyl (C=O) groups is 1. The van der Waals surface area contributed by atoms with Gasteiger partial charge in [0, 0.05) is 40.4 Å². The van der Waals surface area contributed by atoms with Crippen LogP contribution in [0.2, 0.25) is 5.02 Å². The van der Waals surface area contributed by atoms with E-state index in [4.69, 9.17) is 16.3 Å². The molecular weight excluding hydrogens is 468 g/mol. The number of anilines is 2. The highest BCUT2D eigenvalue weighted by Crippen LogP contribution is 2.37. The quantitative estimate of drug-likeness (QED) is 0.277. The number of ether oxygens (including phenoxy) is 1. The van der Waals surface area contributed by atoms with Crippen LogP contribution in [0.3, 0.4) is 0 Å². The summed E-state index contributed by atoms with van der Waals surface area (Å²) in [6, 6.07) is 13.0. The number of benzene rings is 2. The van der Waals surface area contributed by atoms with Crippen LogP contribution < -0.4 is 14.8 Å². The number of alkyl halides is 2. The average Bonchev–Trinajstić information content (AvgIpc) is 2.74. The number of nitrogens with zero attached hydrogens (tertiary/aromatic N) is 1. The van der Waals surface area contributed by atoms with E-state index in [9.17, 15) is 13.6 Å². The molecule has 0 aliphatic heterocycles. The van der Waals surface area contributed by atoms with Gasteiger partial charge in [-0.3, -0.25) is 4.79 Å². The molecular formula is C24H20ClF2N3O2S. The molecule has 0 bridgehead atoms. The molecule has 2 aromatic carbocycles. The molecule has 1 aromatic heterocycles. The van der Waals surface area contributed by atoms with Gasteiger partial charge in [-0.15, -0.1) is 0 Å². The van der Waals surface area contributed by atoms with Crippen LogP contribution in [-0.4, -0.2) is 10.9 Å². The van der Waals surface area contributed by atoms with Crippen LogP contribution >= 0.6 is 23.5 Å². The molecule has 9 heteroatoms. The zero-order chi connectivity index (χ0) is 24.0. The Kier molecular flexibility index (Phi) is 7.79. The average molecular weight is 488 g/mol. The molecule has 0 saturated carbocycles. The Hall–Kier alpha value is -3.28. The minimum atomic E-state index is -3.06. The van der Waals surface area contributed by atoms with Crippen molar-refractivity contribution < 1.29 is 18.3 Å². The van der Waals surface area contributed by atoms with Gasteiger partial charge in [-0.1, -0.05) is 23.6 Å². The Morgan fingerprint density at radius 1 is 1.21 bits per heavy atom. The smallest absolute Gasteiger partial charge is 0.300 e. The summed E-state index contributed by atoms with van der Waals surface area (Å²) in [5.41, 5.74) is 1.69. The molecule has 0 radical (unpaired) electrons. The summed E-state index contributed by atoms with van der Waals surface area (Å²) in [7, 11) is 0. The second kappa shape index (κ2) is 10.6. The highest BCUT2D eigenvalue weighted by Gasteiger charge is 2.27. The van der Waals surface area contributed by atoms with Crippen molar-refractivity contribution in [3.05, 3.63) is 70.9 Å². The summed E-state index contributed by atoms with van der Waals surface area (Å²) in [5.74, 6) is 2.18. The number of hydrogen-bond acceptors (Lipinski definition) is 5. The van der Waals surface area contributed by atoms with E-state index < -0.39 is 11.8 Å². The van der Waals surface area contributed by atoms with Crippen LogP contribution in [0.1, 0.15) is 25.0 Å². The zero-order valence-corrected chi connectivity index (χ0v) is 19.6. The summed E-state index contributed by atoms with van der Waals surface area (Å²) in [6.07, 6.45) is 1.64. The standard InChI is InChI=1S/C24H20ClF2N3O2S/c1-4-6-22(31)29-16-7-5-8-17(12-16)32-23-21(11-15(2)14-28-23)30-33-18-9-10-20(25)19(13-18)24(3,26)27/h5,7-14,30H,1-3H3,(H,29,31). The lowest BCUT2D eigenvalue weighted by Crippen LogP contribution is -2.08. The van der Waals surface area contributed by atoms with E-state index in [-0.39, 0.29) is 16.5 Å². The zero-order valence-electron chi connectivity index (χ0n) is 18.0. The molecule has 0 unspecified atom stereocenters. The second-order valence-corrected chi connectivity index (χ2v) is 8.35. The number of nitrogens with one attached hydrogen (secondary N) is 2. The second-order valence-electron chi connectivity index (χ2n) is 7.06. The number of pyridine rings is 1. The van der Waals surface area contributed by atoms with Crippen molar-refractivity contribution in [1.82, 2.24) is 4.98 Å². The van der Waals surface area contributed by atoms with Gasteiger partial charge in [0.1, 0.15) is 11.4 Å². The highest BCUT2D eigenvalue weighted by molar-refractivity contribution is 8.00. The van der Waals surface area contributed by atoms with Crippen molar-refractivity contribution in [1.29, 1.82) is 0 Å². The fraction of sp³-hybridized carbons (Fsp3) is 0.167. The number of hydrogen-bond donors (Lipinski definition) is 2. The van der Waals surface area contributed by atoms with E-state index in [1.807, 2.05) is 13.0 Å². The SMILES string of the molecule is CC#CC(=O)Nc1cccc(Oc2ncc(C)cc2NSc2ccc(Cl)c(C(C)(F)F)c2)c1. The maximum absolute atomic E-state index is 13.8. The lowest BCUT2D eigenvalue weighted by molar-refractivity contribution is -0.111. The number of carbonyl (C=O) groups excluding carboxylic acids is 1. The first kappa shape index (κ1) is 24.4. The maximum atomic E-state index is 13.8. The molecule has 1 heterocycles. The molecule has 0 fully saturated rings. The van der Waals surface area contributed by atoms with Crippen LogP contribution in [0.5, 0.6) is 11.6 Å². The molecule has 3 rings (SSSR count). The van der Waals surface area contributed by atoms with Crippen molar-refractivity contribution in [3.63, 3.8) is 0 Å². The van der Waals surface area contributed by atoms with Gasteiger partial charge in [0.2, 0.25) is 5.88 Å². The van der Waals surface area contributed by atoms with Crippen molar-refractivity contribution in [2.75, 3.05) is 10.0 Å². The fourth-order valence-corrected chi connectivity index (χ4v) is 3.72. The van der Waals surface area contributed by atoms with Crippen molar-refractivity contribution >= 4 is 40.8 Å². The lowest BCUT2D eigenvalue weighted by atomic mass is 10.1. The van der Waals surface area contributed by atoms with Crippen LogP contribution in [0.4, 0.5) is 20.2 Å². The summed E-state index contributed by atoms with van der Waals surface area (Å²) >= 11 is 7.05. The summed E-state index contributed by atoms with van der Waals surface area (Å²) in [4.78, 5) is 16.6. The number of aromatic nitrogens is 1. The Balaban J connectivity index is 1.79. The van der Waals surface area contributed by atoms with Gasteiger partial charge in [-0.2, -0.15) is 0 Å². The Labute approximate surface area is 200 Å². The Bertz CT molecular complexity index is 1240. The van der Waals surface area contributed by atoms with E-state index in [1.54, 1.807) is 43.5 Å². The van der Waals surface area contributed by atoms with Crippen LogP contribution in [0.15, 0.2) is 59.6 Å². The molecule has 33 heavy (non-hydrogen) atoms. The van der Waals surface area contributed by atoms with E-state index in [0.717, 1.165) is 24.4 Å². The van der Waals surface area contributed by atoms with Gasteiger partial charge in [0.15, 0.2) is 0 Å². The Morgan fingerprint density at radius 3 is 2.73 bits per heavy atom. The van der Waals surface area contributed by atoms with E-state index >= 15 is 0 Å². The largest absolute Gasteiger partial charge is 0.437 e. The minimum absolute atomic E-state index is 0.00462. The third-order valence-corrected chi connectivity index (χ3v) is 5.36. The van der Waals surface area contributed by atoms with Gasteiger partial charge in [-0.05, 0) is 73.7 Å². The van der Waals surface area contributed by atoms with Gasteiger partial charge in [0.25, 0.3) is 11.8 Å². The normalized spacial score (nSPS) is 10.7. The van der Waals surface area contributed by atoms with Crippen molar-refractivity contribution in [2.24, 2.45) is 0 Å². The molecule has 3 aromatic rings. The summed E-state index contributed by atoms with van der Waals surface area (Å²) < 4.78 is 36.6. The van der Waals surface area contributed by atoms with E-state index in [2.05, 4.69) is 26.9 Å². The molecule has 170 valence electrons. The number of rotatable bonds is 7. The third-order valence-electron chi connectivity index (χ3n) is 4.22. The third kappa shape index (κ3) is 6.85. The fourth-order valence-electron chi connectivity index (χ4n) is 2.75. The van der Waals surface area contributed by atoms with Gasteiger partial charge in [-0.25, -0.2) is 13.8 Å². The number of aryl methyl sites for hydroxylation is 1. The number of amides is 1. The predicted octanol–water partition coefficient (Wildman–Crippen LogP) is 7.03. The summed E-state index contributed by atoms with van der Waals surface area (Å²) in [5, 5.41) is 2.66. The monoisotopic (exact) mass is 487 g/mol. The molecule has 0 aliphatic carbocycles. The number of halogens is 3. The van der Waals surface area contributed by atoms with E-state index in [0.29, 0.717) is 22.0 Å². The molecule has 0 saturated heterocycles. The summed E-state index contributed by atoms with van der Waals surface area (Å²) in [6.45, 7) is 4.25. The first-order chi connectivity index (χ1) is 15.7. The lowest BCUT2D eigenvalue weighted by Gasteiger charge is -2.15. The Morgan fingerprint density at radius 2 is 2.00 bits per heavy atom. The van der Waals surface area contributed by atoms with Gasteiger partial charge < -0.3 is 14.8 Å². The minimum Gasteiger partial charge on any atom is -0.437 e. The van der Waals surface area contributed by atoms with Crippen molar-refractivity contribution in [2.45, 2.75) is 31.6 Å². The van der Waals surface area contributed by atoms with E-state index in [1.165, 1.54) is 12.1 Å². The topological polar surface area (TPSA) is 63.2 Å². The van der Waals surface area contributed by atoms with Crippen LogP contribution in [0, 0.1) is 18.8 Å². The highest BCUT2D eigenvalue weighted by atomic mass is 35.5.